The molecular formula is C15H14N2O5S. The highest BCUT2D eigenvalue weighted by molar-refractivity contribution is 7.88. The molecule has 0 aliphatic carbocycles. The number of carboxylic acid groups (broad SMARTS) is 1. The molecule has 0 fully saturated rings. The van der Waals surface area contributed by atoms with Crippen LogP contribution in [0.1, 0.15) is 12.5 Å². The average Bonchev–Trinajstić information content (AvgIpc) is 2.44. The van der Waals surface area contributed by atoms with Crippen LogP contribution in [0, 0.1) is 0 Å². The Morgan fingerprint density at radius 2 is 1.91 bits per heavy atom. The van der Waals surface area contributed by atoms with E-state index < -0.39 is 38.9 Å². The maximum Gasteiger partial charge on any atom is 0.338 e. The molecule has 0 atom stereocenters. The second-order valence-corrected chi connectivity index (χ2v) is 6.61. The monoisotopic (exact) mass is 334 g/mol. The van der Waals surface area contributed by atoms with Crippen LogP contribution in [0.15, 0.2) is 58.7 Å². The van der Waals surface area contributed by atoms with Crippen molar-refractivity contribution in [3.05, 3.63) is 59.3 Å². The summed E-state index contributed by atoms with van der Waals surface area (Å²) in [6.45, 7) is 4.97. The molecule has 7 nitrogen and oxygen atoms in total. The van der Waals surface area contributed by atoms with Crippen LogP contribution < -0.4 is 4.72 Å². The summed E-state index contributed by atoms with van der Waals surface area (Å²) in [5.74, 6) is -2.80. The average molecular weight is 334 g/mol. The highest BCUT2D eigenvalue weighted by Gasteiger charge is 2.31. The number of nitrogens with one attached hydrogen (secondary N) is 1. The van der Waals surface area contributed by atoms with Gasteiger partial charge >= 0.3 is 5.97 Å². The van der Waals surface area contributed by atoms with Crippen LogP contribution in [-0.2, 0) is 25.4 Å². The van der Waals surface area contributed by atoms with E-state index in [0.29, 0.717) is 5.56 Å². The van der Waals surface area contributed by atoms with Crippen molar-refractivity contribution in [2.75, 3.05) is 0 Å². The molecule has 1 aliphatic rings. The Morgan fingerprint density at radius 3 is 2.48 bits per heavy atom. The van der Waals surface area contributed by atoms with Crippen molar-refractivity contribution in [1.82, 2.24) is 4.72 Å². The summed E-state index contributed by atoms with van der Waals surface area (Å²) >= 11 is 0. The number of hydrogen-bond acceptors (Lipinski definition) is 4. The molecule has 1 heterocycles. The van der Waals surface area contributed by atoms with Crippen molar-refractivity contribution in [1.29, 1.82) is 0 Å². The van der Waals surface area contributed by atoms with Crippen molar-refractivity contribution in [2.45, 2.75) is 12.7 Å². The predicted octanol–water partition coefficient (Wildman–Crippen LogP) is 1.00. The number of hydrogen-bond donors (Lipinski definition) is 2. The second-order valence-electron chi connectivity index (χ2n) is 4.88. The summed E-state index contributed by atoms with van der Waals surface area (Å²) in [4.78, 5) is 26.9. The van der Waals surface area contributed by atoms with E-state index in [2.05, 4.69) is 11.6 Å². The Bertz CT molecular complexity index is 851. The molecule has 8 heteroatoms. The number of rotatable bonds is 5. The molecular weight excluding hydrogens is 320 g/mol. The first-order chi connectivity index (χ1) is 10.7. The van der Waals surface area contributed by atoms with E-state index in [1.54, 1.807) is 30.3 Å². The molecule has 23 heavy (non-hydrogen) atoms. The first kappa shape index (κ1) is 16.6. The molecule has 0 saturated carbocycles. The second kappa shape index (κ2) is 6.17. The quantitative estimate of drug-likeness (QED) is 0.834. The van der Waals surface area contributed by atoms with Gasteiger partial charge in [-0.05, 0) is 12.5 Å². The van der Waals surface area contributed by atoms with Gasteiger partial charge in [-0.2, -0.15) is 0 Å². The van der Waals surface area contributed by atoms with Crippen molar-refractivity contribution < 1.29 is 23.1 Å². The fourth-order valence-electron chi connectivity index (χ4n) is 2.03. The van der Waals surface area contributed by atoms with E-state index in [1.807, 2.05) is 4.72 Å². The molecule has 120 valence electrons. The third-order valence-corrected chi connectivity index (χ3v) is 4.37. The van der Waals surface area contributed by atoms with Gasteiger partial charge in [0.1, 0.15) is 5.70 Å². The number of benzene rings is 1. The fourth-order valence-corrected chi connectivity index (χ4v) is 3.23. The summed E-state index contributed by atoms with van der Waals surface area (Å²) in [7, 11) is -3.98. The van der Waals surface area contributed by atoms with Gasteiger partial charge in [-0.25, -0.2) is 18.2 Å². The van der Waals surface area contributed by atoms with E-state index in [4.69, 9.17) is 0 Å². The lowest BCUT2D eigenvalue weighted by Crippen LogP contribution is -2.34. The van der Waals surface area contributed by atoms with E-state index in [1.165, 1.54) is 6.92 Å². The highest BCUT2D eigenvalue weighted by Crippen LogP contribution is 2.21. The number of nitrogens with zero attached hydrogens (tertiary/aromatic N) is 1. The number of carboxylic acids is 1. The summed E-state index contributed by atoms with van der Waals surface area (Å²) in [6, 6.07) is 8.30. The van der Waals surface area contributed by atoms with Crippen molar-refractivity contribution in [2.24, 2.45) is 4.99 Å². The number of aliphatic carboxylic acids is 1. The molecule has 0 bridgehead atoms. The zero-order valence-electron chi connectivity index (χ0n) is 12.2. The summed E-state index contributed by atoms with van der Waals surface area (Å²) in [6.07, 6.45) is 0. The first-order valence-corrected chi connectivity index (χ1v) is 8.18. The Labute approximate surface area is 133 Å². The van der Waals surface area contributed by atoms with Crippen LogP contribution in [-0.4, -0.2) is 31.1 Å². The molecule has 1 aromatic carbocycles. The third kappa shape index (κ3) is 3.72. The van der Waals surface area contributed by atoms with Crippen molar-refractivity contribution in [3.8, 4) is 0 Å². The van der Waals surface area contributed by atoms with E-state index >= 15 is 0 Å². The Balaban J connectivity index is 2.37. The topological polar surface area (TPSA) is 113 Å². The smallest absolute Gasteiger partial charge is 0.338 e. The molecule has 0 spiro atoms. The molecule has 2 N–H and O–H groups in total. The standard InChI is InChI=1S/C15H14N2O5S/c1-9-10(2)16-14(18)13(12(9)15(19)20)17-23(21,22)8-11-6-4-3-5-7-11/h3-7,17H,1,8H2,2H3,(H,19,20). The summed E-state index contributed by atoms with van der Waals surface area (Å²) < 4.78 is 26.4. The molecule has 1 amide bonds. The summed E-state index contributed by atoms with van der Waals surface area (Å²) in [5, 5.41) is 9.24. The van der Waals surface area contributed by atoms with Gasteiger partial charge in [-0.1, -0.05) is 36.9 Å². The number of carbonyl (C=O) groups excluding carboxylic acids is 1. The van der Waals surface area contributed by atoms with Crippen LogP contribution in [0.3, 0.4) is 0 Å². The molecule has 1 aromatic rings. The largest absolute Gasteiger partial charge is 0.478 e. The lowest BCUT2D eigenvalue weighted by molar-refractivity contribution is -0.132. The van der Waals surface area contributed by atoms with Crippen LogP contribution >= 0.6 is 0 Å². The van der Waals surface area contributed by atoms with Gasteiger partial charge in [-0.3, -0.25) is 9.52 Å². The molecule has 0 saturated heterocycles. The lowest BCUT2D eigenvalue weighted by Gasteiger charge is -2.18. The third-order valence-electron chi connectivity index (χ3n) is 3.14. The van der Waals surface area contributed by atoms with Gasteiger partial charge in [0, 0.05) is 11.3 Å². The van der Waals surface area contributed by atoms with Crippen LogP contribution in [0.2, 0.25) is 0 Å². The van der Waals surface area contributed by atoms with E-state index in [-0.39, 0.29) is 11.3 Å². The van der Waals surface area contributed by atoms with Gasteiger partial charge in [0.05, 0.1) is 11.3 Å². The highest BCUT2D eigenvalue weighted by atomic mass is 32.2. The first-order valence-electron chi connectivity index (χ1n) is 6.52. The van der Waals surface area contributed by atoms with Gasteiger partial charge in [0.15, 0.2) is 0 Å². The maximum atomic E-state index is 12.2. The van der Waals surface area contributed by atoms with Crippen molar-refractivity contribution >= 4 is 27.6 Å². The number of dihydropyridines is 1. The van der Waals surface area contributed by atoms with E-state index in [9.17, 15) is 23.1 Å². The maximum absolute atomic E-state index is 12.2. The van der Waals surface area contributed by atoms with Gasteiger partial charge in [-0.15, -0.1) is 0 Å². The van der Waals surface area contributed by atoms with Crippen LogP contribution in [0.4, 0.5) is 0 Å². The van der Waals surface area contributed by atoms with Crippen LogP contribution in [0.25, 0.3) is 0 Å². The Hall–Kier alpha value is -2.74. The van der Waals surface area contributed by atoms with Crippen molar-refractivity contribution in [3.63, 3.8) is 0 Å². The number of amides is 1. The van der Waals surface area contributed by atoms with Gasteiger partial charge in [0.25, 0.3) is 5.91 Å². The minimum absolute atomic E-state index is 0.00508. The lowest BCUT2D eigenvalue weighted by atomic mass is 9.99. The van der Waals surface area contributed by atoms with Gasteiger partial charge < -0.3 is 5.11 Å². The zero-order chi connectivity index (χ0) is 17.2. The SMILES string of the molecule is C=C1C(C)=NC(=O)C(NS(=O)(=O)Cc2ccccc2)=C1C(=O)O. The molecule has 0 aromatic heterocycles. The fraction of sp³-hybridized carbons (Fsp3) is 0.133. The Kier molecular flexibility index (Phi) is 4.46. The van der Waals surface area contributed by atoms with Crippen LogP contribution in [0.5, 0.6) is 0 Å². The number of sulfonamides is 1. The molecule has 0 unspecified atom stereocenters. The Morgan fingerprint density at radius 1 is 1.30 bits per heavy atom. The van der Waals surface area contributed by atoms with E-state index in [0.717, 1.165) is 0 Å². The molecule has 0 radical (unpaired) electrons. The molecule has 1 aliphatic heterocycles. The number of aliphatic imine (C=N–C) groups is 1. The normalized spacial score (nSPS) is 15.4. The summed E-state index contributed by atoms with van der Waals surface area (Å²) in [5.41, 5.74) is -0.449. The van der Waals surface area contributed by atoms with Gasteiger partial charge in [0.2, 0.25) is 10.0 Å². The minimum Gasteiger partial charge on any atom is -0.478 e. The minimum atomic E-state index is -3.98. The number of carbonyl (C=O) groups is 2. The predicted molar refractivity (Wildman–Crippen MR) is 84.1 cm³/mol. The molecule has 2 rings (SSSR count). The zero-order valence-corrected chi connectivity index (χ0v) is 13.1.